The molecule has 0 saturated heterocycles. The van der Waals surface area contributed by atoms with Crippen LogP contribution in [0.15, 0.2) is 29.1 Å². The number of imidazole rings is 1. The van der Waals surface area contributed by atoms with Gasteiger partial charge in [0.15, 0.2) is 0 Å². The standard InChI is InChI=1S/C13H15BrN2O2/c1-16-8-15-13(14)11(16)6-9-4-5-10(17-2)7-12(9)18-3/h4-5,7-8H,6H2,1-3H3. The second kappa shape index (κ2) is 5.44. The molecule has 1 aromatic heterocycles. The molecule has 2 aromatic rings. The minimum atomic E-state index is 0.754. The Balaban J connectivity index is 2.34. The highest BCUT2D eigenvalue weighted by Gasteiger charge is 2.11. The molecule has 0 unspecified atom stereocenters. The Hall–Kier alpha value is -1.49. The second-order valence-corrected chi connectivity index (χ2v) is 4.70. The van der Waals surface area contributed by atoms with Gasteiger partial charge in [0.2, 0.25) is 0 Å². The Kier molecular flexibility index (Phi) is 3.91. The van der Waals surface area contributed by atoms with Gasteiger partial charge in [-0.05, 0) is 22.0 Å². The summed E-state index contributed by atoms with van der Waals surface area (Å²) in [6, 6.07) is 5.83. The summed E-state index contributed by atoms with van der Waals surface area (Å²) in [5.41, 5.74) is 2.21. The summed E-state index contributed by atoms with van der Waals surface area (Å²) < 4.78 is 13.4. The molecular formula is C13H15BrN2O2. The minimum absolute atomic E-state index is 0.754. The molecule has 96 valence electrons. The first-order valence-corrected chi connectivity index (χ1v) is 6.31. The molecular weight excluding hydrogens is 296 g/mol. The van der Waals surface area contributed by atoms with Gasteiger partial charge in [-0.2, -0.15) is 0 Å². The van der Waals surface area contributed by atoms with Crippen LogP contribution < -0.4 is 9.47 Å². The summed E-state index contributed by atoms with van der Waals surface area (Å²) in [5, 5.41) is 0. The Morgan fingerprint density at radius 3 is 2.61 bits per heavy atom. The lowest BCUT2D eigenvalue weighted by molar-refractivity contribution is 0.391. The van der Waals surface area contributed by atoms with Crippen molar-refractivity contribution < 1.29 is 9.47 Å². The van der Waals surface area contributed by atoms with Crippen molar-refractivity contribution in [1.82, 2.24) is 9.55 Å². The summed E-state index contributed by atoms with van der Waals surface area (Å²) in [6.07, 6.45) is 2.54. The van der Waals surface area contributed by atoms with Crippen LogP contribution in [0.5, 0.6) is 11.5 Å². The molecule has 0 aliphatic carbocycles. The summed E-state index contributed by atoms with van der Waals surface area (Å²) in [4.78, 5) is 4.22. The number of benzene rings is 1. The van der Waals surface area contributed by atoms with Crippen LogP contribution in [0.1, 0.15) is 11.3 Å². The number of hydrogen-bond acceptors (Lipinski definition) is 3. The average molecular weight is 311 g/mol. The van der Waals surface area contributed by atoms with Crippen LogP contribution in [0.25, 0.3) is 0 Å². The third-order valence-corrected chi connectivity index (χ3v) is 3.52. The van der Waals surface area contributed by atoms with Gasteiger partial charge in [-0.25, -0.2) is 4.98 Å². The van der Waals surface area contributed by atoms with E-state index in [-0.39, 0.29) is 0 Å². The fourth-order valence-electron chi connectivity index (χ4n) is 1.80. The number of aromatic nitrogens is 2. The van der Waals surface area contributed by atoms with Crippen molar-refractivity contribution in [3.8, 4) is 11.5 Å². The molecule has 0 spiro atoms. The van der Waals surface area contributed by atoms with Gasteiger partial charge in [0.1, 0.15) is 16.1 Å². The lowest BCUT2D eigenvalue weighted by Gasteiger charge is -2.11. The minimum Gasteiger partial charge on any atom is -0.497 e. The Morgan fingerprint density at radius 1 is 1.28 bits per heavy atom. The van der Waals surface area contributed by atoms with Crippen LogP contribution in [-0.2, 0) is 13.5 Å². The van der Waals surface area contributed by atoms with Gasteiger partial charge < -0.3 is 14.0 Å². The van der Waals surface area contributed by atoms with Crippen LogP contribution in [-0.4, -0.2) is 23.8 Å². The molecule has 0 fully saturated rings. The maximum Gasteiger partial charge on any atom is 0.127 e. The summed E-state index contributed by atoms with van der Waals surface area (Å²) in [6.45, 7) is 0. The van der Waals surface area contributed by atoms with Crippen molar-refractivity contribution in [1.29, 1.82) is 0 Å². The van der Waals surface area contributed by atoms with Crippen molar-refractivity contribution >= 4 is 15.9 Å². The third kappa shape index (κ3) is 2.51. The van der Waals surface area contributed by atoms with Crippen molar-refractivity contribution in [2.75, 3.05) is 14.2 Å². The SMILES string of the molecule is COc1ccc(Cc2c(Br)ncn2C)c(OC)c1. The van der Waals surface area contributed by atoms with Gasteiger partial charge in [0.05, 0.1) is 26.2 Å². The summed E-state index contributed by atoms with van der Waals surface area (Å²) in [7, 11) is 5.28. The van der Waals surface area contributed by atoms with E-state index in [2.05, 4.69) is 20.9 Å². The number of aryl methyl sites for hydroxylation is 1. The molecule has 0 aliphatic rings. The average Bonchev–Trinajstić information content (AvgIpc) is 2.71. The van der Waals surface area contributed by atoms with Gasteiger partial charge in [-0.3, -0.25) is 0 Å². The molecule has 4 nitrogen and oxygen atoms in total. The fraction of sp³-hybridized carbons (Fsp3) is 0.308. The van der Waals surface area contributed by atoms with Crippen molar-refractivity contribution in [2.24, 2.45) is 7.05 Å². The van der Waals surface area contributed by atoms with E-state index in [1.807, 2.05) is 29.8 Å². The van der Waals surface area contributed by atoms with E-state index in [0.717, 1.165) is 33.8 Å². The zero-order valence-corrected chi connectivity index (χ0v) is 12.2. The number of ether oxygens (including phenoxy) is 2. The molecule has 0 aliphatic heterocycles. The number of halogens is 1. The maximum absolute atomic E-state index is 5.39. The maximum atomic E-state index is 5.39. The van der Waals surface area contributed by atoms with E-state index >= 15 is 0 Å². The lowest BCUT2D eigenvalue weighted by Crippen LogP contribution is -2.00. The fourth-order valence-corrected chi connectivity index (χ4v) is 2.31. The lowest BCUT2D eigenvalue weighted by atomic mass is 10.1. The summed E-state index contributed by atoms with van der Waals surface area (Å²) >= 11 is 3.45. The highest BCUT2D eigenvalue weighted by Crippen LogP contribution is 2.28. The number of hydrogen-bond donors (Lipinski definition) is 0. The van der Waals surface area contributed by atoms with Crippen LogP contribution >= 0.6 is 15.9 Å². The molecule has 18 heavy (non-hydrogen) atoms. The van der Waals surface area contributed by atoms with E-state index in [4.69, 9.17) is 9.47 Å². The first-order valence-electron chi connectivity index (χ1n) is 5.52. The zero-order valence-electron chi connectivity index (χ0n) is 10.6. The zero-order chi connectivity index (χ0) is 13.1. The highest BCUT2D eigenvalue weighted by atomic mass is 79.9. The Labute approximate surface area is 115 Å². The van der Waals surface area contributed by atoms with Crippen LogP contribution in [0.2, 0.25) is 0 Å². The van der Waals surface area contributed by atoms with E-state index in [1.54, 1.807) is 20.5 Å². The number of rotatable bonds is 4. The van der Waals surface area contributed by atoms with Crippen LogP contribution in [0.3, 0.4) is 0 Å². The van der Waals surface area contributed by atoms with E-state index in [0.29, 0.717) is 0 Å². The quantitative estimate of drug-likeness (QED) is 0.871. The molecule has 2 rings (SSSR count). The first kappa shape index (κ1) is 13.0. The van der Waals surface area contributed by atoms with E-state index < -0.39 is 0 Å². The van der Waals surface area contributed by atoms with Crippen molar-refractivity contribution in [3.63, 3.8) is 0 Å². The molecule has 0 bridgehead atoms. The smallest absolute Gasteiger partial charge is 0.127 e. The molecule has 0 saturated carbocycles. The molecule has 0 amide bonds. The van der Waals surface area contributed by atoms with Gasteiger partial charge in [0.25, 0.3) is 0 Å². The third-order valence-electron chi connectivity index (χ3n) is 2.86. The first-order chi connectivity index (χ1) is 8.65. The Morgan fingerprint density at radius 2 is 2.06 bits per heavy atom. The van der Waals surface area contributed by atoms with E-state index in [1.165, 1.54) is 0 Å². The molecule has 0 atom stereocenters. The van der Waals surface area contributed by atoms with E-state index in [9.17, 15) is 0 Å². The number of nitrogens with zero attached hydrogens (tertiary/aromatic N) is 2. The number of methoxy groups -OCH3 is 2. The van der Waals surface area contributed by atoms with Gasteiger partial charge in [0, 0.05) is 25.1 Å². The largest absolute Gasteiger partial charge is 0.497 e. The highest BCUT2D eigenvalue weighted by molar-refractivity contribution is 9.10. The molecule has 1 heterocycles. The van der Waals surface area contributed by atoms with Crippen molar-refractivity contribution in [3.05, 3.63) is 40.4 Å². The van der Waals surface area contributed by atoms with Gasteiger partial charge >= 0.3 is 0 Å². The predicted molar refractivity (Wildman–Crippen MR) is 73.3 cm³/mol. The molecule has 0 radical (unpaired) electrons. The van der Waals surface area contributed by atoms with Crippen LogP contribution in [0.4, 0.5) is 0 Å². The molecule has 1 aromatic carbocycles. The second-order valence-electron chi connectivity index (χ2n) is 3.95. The van der Waals surface area contributed by atoms with Crippen molar-refractivity contribution in [2.45, 2.75) is 6.42 Å². The van der Waals surface area contributed by atoms with Gasteiger partial charge in [-0.1, -0.05) is 6.07 Å². The molecule has 0 N–H and O–H groups in total. The topological polar surface area (TPSA) is 36.3 Å². The van der Waals surface area contributed by atoms with Crippen LogP contribution in [0, 0.1) is 0 Å². The summed E-state index contributed by atoms with van der Waals surface area (Å²) in [5.74, 6) is 1.61. The van der Waals surface area contributed by atoms with Gasteiger partial charge in [-0.15, -0.1) is 0 Å². The Bertz CT molecular complexity index is 532. The predicted octanol–water partition coefficient (Wildman–Crippen LogP) is 2.79. The molecule has 5 heteroatoms. The monoisotopic (exact) mass is 310 g/mol. The normalized spacial score (nSPS) is 10.4.